The second-order valence-electron chi connectivity index (χ2n) is 1.45. The van der Waals surface area contributed by atoms with E-state index < -0.39 is 18.0 Å². The van der Waals surface area contributed by atoms with Crippen molar-refractivity contribution in [1.82, 2.24) is 5.32 Å². The Morgan fingerprint density at radius 2 is 1.91 bits per heavy atom. The molecule has 0 aliphatic carbocycles. The number of aliphatic imine (C=N–C) groups is 1. The number of amides is 5. The van der Waals surface area contributed by atoms with Crippen LogP contribution in [0.1, 0.15) is 0 Å². The molecule has 1 heterocycles. The van der Waals surface area contributed by atoms with Gasteiger partial charge in [-0.05, 0) is 0 Å². The Kier molecular flexibility index (Phi) is 3.29. The highest BCUT2D eigenvalue weighted by atomic mass is 16.2. The number of carbonyl (C=O) groups excluding carboxylic acids is 3. The van der Waals surface area contributed by atoms with Crippen molar-refractivity contribution in [3.63, 3.8) is 0 Å². The average Bonchev–Trinajstić information content (AvgIpc) is 2.13. The number of nitrogens with zero attached hydrogens (tertiary/aromatic N) is 1. The van der Waals surface area contributed by atoms with Crippen LogP contribution in [0.4, 0.5) is 9.59 Å². The van der Waals surface area contributed by atoms with Crippen molar-refractivity contribution in [2.45, 2.75) is 0 Å². The van der Waals surface area contributed by atoms with Gasteiger partial charge in [-0.1, -0.05) is 0 Å². The first-order valence-electron chi connectivity index (χ1n) is 2.46. The number of primary amides is 2. The number of urea groups is 2. The number of nitrogens with one attached hydrogen (secondary N) is 1. The van der Waals surface area contributed by atoms with Crippen molar-refractivity contribution < 1.29 is 14.4 Å². The van der Waals surface area contributed by atoms with Gasteiger partial charge in [-0.15, -0.1) is 0 Å². The van der Waals surface area contributed by atoms with Gasteiger partial charge in [0, 0.05) is 0 Å². The van der Waals surface area contributed by atoms with Crippen molar-refractivity contribution in [2.24, 2.45) is 16.5 Å². The average molecular weight is 158 g/mol. The first-order valence-corrected chi connectivity index (χ1v) is 2.46. The van der Waals surface area contributed by atoms with Gasteiger partial charge in [0.15, 0.2) is 0 Å². The molecule has 0 aromatic carbocycles. The summed E-state index contributed by atoms with van der Waals surface area (Å²) in [6, 6.07) is -1.41. The van der Waals surface area contributed by atoms with Gasteiger partial charge in [0.05, 0.1) is 6.21 Å². The van der Waals surface area contributed by atoms with Crippen LogP contribution in [-0.4, -0.2) is 24.2 Å². The number of rotatable bonds is 0. The van der Waals surface area contributed by atoms with Crippen LogP contribution in [-0.2, 0) is 4.79 Å². The maximum absolute atomic E-state index is 9.97. The van der Waals surface area contributed by atoms with Crippen molar-refractivity contribution in [3.8, 4) is 0 Å². The highest BCUT2D eigenvalue weighted by molar-refractivity contribution is 6.35. The van der Waals surface area contributed by atoms with Gasteiger partial charge in [0.2, 0.25) is 0 Å². The second-order valence-corrected chi connectivity index (χ2v) is 1.45. The lowest BCUT2D eigenvalue weighted by Gasteiger charge is -1.77. The van der Waals surface area contributed by atoms with E-state index in [1.54, 1.807) is 0 Å². The predicted octanol–water partition coefficient (Wildman–Crippen LogP) is -1.67. The monoisotopic (exact) mass is 158 g/mol. The number of nitrogens with two attached hydrogens (primary N) is 2. The van der Waals surface area contributed by atoms with E-state index in [1.165, 1.54) is 0 Å². The molecule has 7 nitrogen and oxygen atoms in total. The number of carbonyl (C=O) groups is 3. The Morgan fingerprint density at radius 3 is 2.00 bits per heavy atom. The Hall–Kier alpha value is -1.92. The topological polar surface area (TPSA) is 128 Å². The Bertz CT molecular complexity index is 201. The van der Waals surface area contributed by atoms with Gasteiger partial charge in [-0.3, -0.25) is 10.1 Å². The predicted molar refractivity (Wildman–Crippen MR) is 35.8 cm³/mol. The summed E-state index contributed by atoms with van der Waals surface area (Å²) in [6.45, 7) is 0. The zero-order chi connectivity index (χ0) is 8.85. The van der Waals surface area contributed by atoms with Crippen molar-refractivity contribution >= 4 is 24.2 Å². The molecule has 1 aliphatic heterocycles. The van der Waals surface area contributed by atoms with Gasteiger partial charge in [0.25, 0.3) is 5.91 Å². The molecule has 0 aromatic heterocycles. The fourth-order valence-corrected chi connectivity index (χ4v) is 0.287. The molecule has 0 spiro atoms. The van der Waals surface area contributed by atoms with Crippen LogP contribution in [0.25, 0.3) is 0 Å². The molecule has 0 aromatic rings. The van der Waals surface area contributed by atoms with E-state index in [1.807, 2.05) is 5.32 Å². The molecule has 0 saturated carbocycles. The minimum absolute atomic E-state index is 0.440. The van der Waals surface area contributed by atoms with Crippen molar-refractivity contribution in [2.75, 3.05) is 0 Å². The molecule has 0 bridgehead atoms. The van der Waals surface area contributed by atoms with E-state index in [-0.39, 0.29) is 0 Å². The lowest BCUT2D eigenvalue weighted by Crippen LogP contribution is -2.20. The quantitative estimate of drug-likeness (QED) is 0.389. The smallest absolute Gasteiger partial charge is 0.348 e. The zero-order valence-electron chi connectivity index (χ0n) is 5.40. The lowest BCUT2D eigenvalue weighted by atomic mass is 10.7. The first kappa shape index (κ1) is 9.08. The molecule has 0 unspecified atom stereocenters. The minimum Gasteiger partial charge on any atom is -0.352 e. The maximum Gasteiger partial charge on any atom is 0.348 e. The summed E-state index contributed by atoms with van der Waals surface area (Å²) >= 11 is 0. The van der Waals surface area contributed by atoms with E-state index in [2.05, 4.69) is 16.5 Å². The van der Waals surface area contributed by atoms with Crippen LogP contribution in [0.5, 0.6) is 0 Å². The van der Waals surface area contributed by atoms with Crippen LogP contribution in [0.2, 0.25) is 0 Å². The molecular formula is C4H6N4O3. The third kappa shape index (κ3) is 5.96. The molecule has 7 heteroatoms. The fourth-order valence-electron chi connectivity index (χ4n) is 0.287. The lowest BCUT2D eigenvalue weighted by molar-refractivity contribution is -0.113. The molecular weight excluding hydrogens is 152 g/mol. The van der Waals surface area contributed by atoms with Gasteiger partial charge >= 0.3 is 12.1 Å². The number of imide groups is 1. The normalized spacial score (nSPS) is 13.5. The number of hydrogen-bond donors (Lipinski definition) is 3. The first-order chi connectivity index (χ1) is 5.02. The van der Waals surface area contributed by atoms with E-state index >= 15 is 0 Å². The molecule has 0 radical (unpaired) electrons. The van der Waals surface area contributed by atoms with Crippen molar-refractivity contribution in [1.29, 1.82) is 0 Å². The maximum atomic E-state index is 9.97. The third-order valence-corrected chi connectivity index (χ3v) is 0.529. The Balaban J connectivity index is 0.000000218. The summed E-state index contributed by atoms with van der Waals surface area (Å²) in [4.78, 5) is 32.0. The second kappa shape index (κ2) is 3.99. The minimum atomic E-state index is -0.833. The third-order valence-electron chi connectivity index (χ3n) is 0.529. The van der Waals surface area contributed by atoms with Crippen LogP contribution < -0.4 is 16.8 Å². The highest BCUT2D eigenvalue weighted by Crippen LogP contribution is 1.78. The van der Waals surface area contributed by atoms with Gasteiger partial charge < -0.3 is 11.5 Å². The molecule has 0 atom stereocenters. The standard InChI is InChI=1S/C3H2N2O2.CH4N2O/c6-2-1-4-3(7)5-2;2-1(3)4/h1H,(H,5,6,7);(H4,2,3,4). The number of hydrogen-bond acceptors (Lipinski definition) is 3. The molecule has 60 valence electrons. The van der Waals surface area contributed by atoms with Crippen LogP contribution in [0.3, 0.4) is 0 Å². The van der Waals surface area contributed by atoms with Crippen molar-refractivity contribution in [3.05, 3.63) is 0 Å². The van der Waals surface area contributed by atoms with Gasteiger partial charge in [-0.25, -0.2) is 9.59 Å². The van der Waals surface area contributed by atoms with Crippen LogP contribution >= 0.6 is 0 Å². The largest absolute Gasteiger partial charge is 0.352 e. The summed E-state index contributed by atoms with van der Waals surface area (Å²) in [5.41, 5.74) is 8.50. The molecule has 0 fully saturated rings. The SMILES string of the molecule is NC(N)=O.O=C1C=NC(=O)N1. The molecule has 11 heavy (non-hydrogen) atoms. The van der Waals surface area contributed by atoms with Gasteiger partial charge in [0.1, 0.15) is 0 Å². The van der Waals surface area contributed by atoms with E-state index in [4.69, 9.17) is 4.79 Å². The van der Waals surface area contributed by atoms with Gasteiger partial charge in [-0.2, -0.15) is 4.99 Å². The molecule has 5 amide bonds. The summed E-state index contributed by atoms with van der Waals surface area (Å²) in [5.74, 6) is -0.440. The molecule has 0 saturated heterocycles. The Morgan fingerprint density at radius 1 is 1.45 bits per heavy atom. The van der Waals surface area contributed by atoms with E-state index in [9.17, 15) is 9.59 Å². The van der Waals surface area contributed by atoms with Crippen LogP contribution in [0, 0.1) is 0 Å². The zero-order valence-corrected chi connectivity index (χ0v) is 5.40. The molecule has 1 rings (SSSR count). The van der Waals surface area contributed by atoms with E-state index in [0.717, 1.165) is 6.21 Å². The van der Waals surface area contributed by atoms with E-state index in [0.29, 0.717) is 0 Å². The highest BCUT2D eigenvalue weighted by Gasteiger charge is 2.08. The fraction of sp³-hybridized carbons (Fsp3) is 0. The molecule has 1 aliphatic rings. The summed E-state index contributed by atoms with van der Waals surface area (Å²) in [6.07, 6.45) is 0.947. The summed E-state index contributed by atoms with van der Waals surface area (Å²) in [5, 5.41) is 1.92. The molecule has 5 N–H and O–H groups in total. The van der Waals surface area contributed by atoms with Crippen LogP contribution in [0.15, 0.2) is 4.99 Å². The summed E-state index contributed by atoms with van der Waals surface area (Å²) in [7, 11) is 0. The Labute approximate surface area is 61.4 Å². The summed E-state index contributed by atoms with van der Waals surface area (Å²) < 4.78 is 0.